The summed E-state index contributed by atoms with van der Waals surface area (Å²) in [5.41, 5.74) is 6.42. The molecule has 0 radical (unpaired) electrons. The fraction of sp³-hybridized carbons (Fsp3) is 0.273. The van der Waals surface area contributed by atoms with Crippen LogP contribution in [0.15, 0.2) is 22.7 Å². The first kappa shape index (κ1) is 12.1. The Hall–Kier alpha value is -1.40. The molecule has 4 N–H and O–H groups in total. The van der Waals surface area contributed by atoms with Gasteiger partial charge in [-0.3, -0.25) is 0 Å². The van der Waals surface area contributed by atoms with Gasteiger partial charge in [-0.25, -0.2) is 4.98 Å². The van der Waals surface area contributed by atoms with Crippen LogP contribution in [-0.4, -0.2) is 27.7 Å². The highest BCUT2D eigenvalue weighted by atomic mass is 79.9. The van der Waals surface area contributed by atoms with E-state index in [1.54, 1.807) is 0 Å². The van der Waals surface area contributed by atoms with Gasteiger partial charge in [-0.1, -0.05) is 15.9 Å². The molecule has 5 nitrogen and oxygen atoms in total. The largest absolute Gasteiger partial charge is 0.394 e. The molecule has 0 aliphatic carbocycles. The second-order valence-corrected chi connectivity index (χ2v) is 4.74. The number of anilines is 2. The number of rotatable bonds is 3. The fourth-order valence-electron chi connectivity index (χ4n) is 1.51. The number of aliphatic hydroxyl groups is 1. The van der Waals surface area contributed by atoms with Crippen molar-refractivity contribution in [2.24, 2.45) is 0 Å². The van der Waals surface area contributed by atoms with Crippen molar-refractivity contribution in [3.8, 4) is 0 Å². The highest BCUT2D eigenvalue weighted by Gasteiger charge is 2.08. The topological polar surface area (TPSA) is 84.1 Å². The molecule has 1 aromatic heterocycles. The third-order valence-electron chi connectivity index (χ3n) is 2.33. The zero-order valence-electron chi connectivity index (χ0n) is 9.31. The molecule has 0 saturated heterocycles. The van der Waals surface area contributed by atoms with Gasteiger partial charge in [0.15, 0.2) is 0 Å². The van der Waals surface area contributed by atoms with Crippen LogP contribution in [0.2, 0.25) is 0 Å². The molecular formula is C11H13BrN4O. The van der Waals surface area contributed by atoms with Crippen molar-refractivity contribution in [2.45, 2.75) is 13.0 Å². The predicted molar refractivity (Wildman–Crippen MR) is 71.8 cm³/mol. The van der Waals surface area contributed by atoms with Gasteiger partial charge in [0.25, 0.3) is 0 Å². The maximum absolute atomic E-state index is 9.04. The smallest absolute Gasteiger partial charge is 0.222 e. The van der Waals surface area contributed by atoms with Crippen molar-refractivity contribution >= 4 is 38.6 Å². The van der Waals surface area contributed by atoms with E-state index in [2.05, 4.69) is 31.2 Å². The monoisotopic (exact) mass is 296 g/mol. The zero-order valence-corrected chi connectivity index (χ0v) is 10.9. The van der Waals surface area contributed by atoms with Gasteiger partial charge in [-0.15, -0.1) is 0 Å². The summed E-state index contributed by atoms with van der Waals surface area (Å²) in [6, 6.07) is 5.61. The van der Waals surface area contributed by atoms with Crippen LogP contribution in [0.25, 0.3) is 10.9 Å². The molecule has 1 heterocycles. The summed E-state index contributed by atoms with van der Waals surface area (Å²) in [4.78, 5) is 8.31. The van der Waals surface area contributed by atoms with E-state index in [9.17, 15) is 0 Å². The van der Waals surface area contributed by atoms with Gasteiger partial charge in [0.2, 0.25) is 5.95 Å². The second-order valence-electron chi connectivity index (χ2n) is 3.82. The molecule has 0 amide bonds. The molecule has 1 atom stereocenters. The van der Waals surface area contributed by atoms with Crippen LogP contribution in [-0.2, 0) is 0 Å². The molecule has 2 rings (SSSR count). The van der Waals surface area contributed by atoms with Gasteiger partial charge in [0.1, 0.15) is 5.82 Å². The summed E-state index contributed by atoms with van der Waals surface area (Å²) < 4.78 is 0.934. The Kier molecular flexibility index (Phi) is 3.44. The first-order valence-electron chi connectivity index (χ1n) is 5.20. The standard InChI is InChI=1S/C11H13BrN4O/c1-6(5-17)14-10-8-3-2-7(12)4-9(8)15-11(13)16-10/h2-4,6,17H,5H2,1H3,(H3,13,14,15,16). The lowest BCUT2D eigenvalue weighted by atomic mass is 10.2. The zero-order chi connectivity index (χ0) is 12.4. The number of benzene rings is 1. The number of nitrogens with zero attached hydrogens (tertiary/aromatic N) is 2. The molecule has 0 aliphatic heterocycles. The summed E-state index contributed by atoms with van der Waals surface area (Å²) in [6.07, 6.45) is 0. The Morgan fingerprint density at radius 2 is 2.24 bits per heavy atom. The highest BCUT2D eigenvalue weighted by Crippen LogP contribution is 2.24. The van der Waals surface area contributed by atoms with E-state index in [4.69, 9.17) is 10.8 Å². The van der Waals surface area contributed by atoms with E-state index in [1.807, 2.05) is 25.1 Å². The number of nitrogens with one attached hydrogen (secondary N) is 1. The van der Waals surface area contributed by atoms with E-state index in [1.165, 1.54) is 0 Å². The number of nitrogen functional groups attached to an aromatic ring is 1. The Morgan fingerprint density at radius 3 is 2.94 bits per heavy atom. The maximum Gasteiger partial charge on any atom is 0.222 e. The maximum atomic E-state index is 9.04. The number of aromatic nitrogens is 2. The van der Waals surface area contributed by atoms with Crippen LogP contribution in [0, 0.1) is 0 Å². The van der Waals surface area contributed by atoms with E-state index in [-0.39, 0.29) is 18.6 Å². The average Bonchev–Trinajstić information content (AvgIpc) is 2.27. The number of halogens is 1. The van der Waals surface area contributed by atoms with Gasteiger partial charge >= 0.3 is 0 Å². The number of hydrogen-bond acceptors (Lipinski definition) is 5. The molecule has 17 heavy (non-hydrogen) atoms. The minimum atomic E-state index is -0.0869. The summed E-state index contributed by atoms with van der Waals surface area (Å²) in [7, 11) is 0. The number of fused-ring (bicyclic) bond motifs is 1. The van der Waals surface area contributed by atoms with Crippen LogP contribution in [0.1, 0.15) is 6.92 Å². The molecule has 0 bridgehead atoms. The molecule has 0 spiro atoms. The van der Waals surface area contributed by atoms with E-state index >= 15 is 0 Å². The van der Waals surface area contributed by atoms with Crippen LogP contribution in [0.5, 0.6) is 0 Å². The lowest BCUT2D eigenvalue weighted by molar-refractivity contribution is 0.281. The third-order valence-corrected chi connectivity index (χ3v) is 2.83. The van der Waals surface area contributed by atoms with Crippen LogP contribution in [0.4, 0.5) is 11.8 Å². The summed E-state index contributed by atoms with van der Waals surface area (Å²) in [5.74, 6) is 0.852. The van der Waals surface area contributed by atoms with Crippen molar-refractivity contribution in [3.63, 3.8) is 0 Å². The van der Waals surface area contributed by atoms with Crippen molar-refractivity contribution in [3.05, 3.63) is 22.7 Å². The summed E-state index contributed by atoms with van der Waals surface area (Å²) in [6.45, 7) is 1.89. The Labute approximate surface area is 107 Å². The molecule has 2 aromatic rings. The lowest BCUT2D eigenvalue weighted by Gasteiger charge is -2.13. The second kappa shape index (κ2) is 4.85. The molecule has 0 saturated carbocycles. The van der Waals surface area contributed by atoms with Crippen molar-refractivity contribution in [1.29, 1.82) is 0 Å². The first-order valence-corrected chi connectivity index (χ1v) is 5.99. The van der Waals surface area contributed by atoms with Crippen molar-refractivity contribution in [2.75, 3.05) is 17.7 Å². The van der Waals surface area contributed by atoms with Gasteiger partial charge in [0.05, 0.1) is 12.1 Å². The van der Waals surface area contributed by atoms with Crippen molar-refractivity contribution in [1.82, 2.24) is 9.97 Å². The number of hydrogen-bond donors (Lipinski definition) is 3. The molecule has 6 heteroatoms. The molecule has 1 unspecified atom stereocenters. The number of aliphatic hydroxyl groups excluding tert-OH is 1. The minimum Gasteiger partial charge on any atom is -0.394 e. The molecular weight excluding hydrogens is 284 g/mol. The van der Waals surface area contributed by atoms with Crippen LogP contribution in [0.3, 0.4) is 0 Å². The van der Waals surface area contributed by atoms with Crippen molar-refractivity contribution < 1.29 is 5.11 Å². The Morgan fingerprint density at radius 1 is 1.47 bits per heavy atom. The minimum absolute atomic E-state index is 0.0297. The lowest BCUT2D eigenvalue weighted by Crippen LogP contribution is -2.20. The highest BCUT2D eigenvalue weighted by molar-refractivity contribution is 9.10. The quantitative estimate of drug-likeness (QED) is 0.804. The average molecular weight is 297 g/mol. The third kappa shape index (κ3) is 2.65. The van der Waals surface area contributed by atoms with Crippen LogP contribution >= 0.6 is 15.9 Å². The van der Waals surface area contributed by atoms with Gasteiger partial charge < -0.3 is 16.2 Å². The predicted octanol–water partition coefficient (Wildman–Crippen LogP) is 1.77. The van der Waals surface area contributed by atoms with Crippen LogP contribution < -0.4 is 11.1 Å². The summed E-state index contributed by atoms with van der Waals surface area (Å²) in [5, 5.41) is 13.0. The SMILES string of the molecule is CC(CO)Nc1nc(N)nc2cc(Br)ccc12. The van der Waals surface area contributed by atoms with E-state index in [0.29, 0.717) is 5.82 Å². The van der Waals surface area contributed by atoms with Gasteiger partial charge in [0, 0.05) is 15.9 Å². The molecule has 1 aromatic carbocycles. The number of nitrogens with two attached hydrogens (primary N) is 1. The van der Waals surface area contributed by atoms with E-state index < -0.39 is 0 Å². The normalized spacial score (nSPS) is 12.6. The molecule has 0 fully saturated rings. The fourth-order valence-corrected chi connectivity index (χ4v) is 1.86. The Bertz CT molecular complexity index is 541. The van der Waals surface area contributed by atoms with Gasteiger partial charge in [-0.2, -0.15) is 4.98 Å². The Balaban J connectivity index is 2.53. The van der Waals surface area contributed by atoms with Gasteiger partial charge in [-0.05, 0) is 25.1 Å². The molecule has 90 valence electrons. The van der Waals surface area contributed by atoms with E-state index in [0.717, 1.165) is 15.4 Å². The summed E-state index contributed by atoms with van der Waals surface area (Å²) >= 11 is 3.38. The molecule has 0 aliphatic rings. The first-order chi connectivity index (χ1) is 8.10.